The molecule has 2 rings (SSSR count). The van der Waals surface area contributed by atoms with E-state index in [1.54, 1.807) is 0 Å². The molecule has 9 heteroatoms. The molecule has 2 aromatic rings. The molecule has 2 aromatic carbocycles. The van der Waals surface area contributed by atoms with E-state index < -0.39 is 30.0 Å². The van der Waals surface area contributed by atoms with Crippen molar-refractivity contribution in [3.05, 3.63) is 42.5 Å². The largest absolute Gasteiger partial charge is 0.398 e. The van der Waals surface area contributed by atoms with Gasteiger partial charge in [-0.2, -0.15) is 16.8 Å². The van der Waals surface area contributed by atoms with Crippen LogP contribution in [0.3, 0.4) is 0 Å². The van der Waals surface area contributed by atoms with Crippen molar-refractivity contribution in [3.63, 3.8) is 0 Å². The van der Waals surface area contributed by atoms with Crippen LogP contribution in [0.15, 0.2) is 52.3 Å². The molecule has 0 saturated heterocycles. The highest BCUT2D eigenvalue weighted by molar-refractivity contribution is 7.86. The first-order valence-electron chi connectivity index (χ1n) is 5.55. The fourth-order valence-electron chi connectivity index (χ4n) is 1.97. The summed E-state index contributed by atoms with van der Waals surface area (Å²) in [6, 6.07) is 9.17. The van der Waals surface area contributed by atoms with E-state index in [0.29, 0.717) is 0 Å². The maximum Gasteiger partial charge on any atom is 0.297 e. The average Bonchev–Trinajstić information content (AvgIpc) is 2.36. The fourth-order valence-corrected chi connectivity index (χ4v) is 3.50. The van der Waals surface area contributed by atoms with E-state index in [1.807, 2.05) is 0 Å². The van der Waals surface area contributed by atoms with Crippen molar-refractivity contribution in [1.29, 1.82) is 0 Å². The molecule has 0 saturated carbocycles. The lowest BCUT2D eigenvalue weighted by Gasteiger charge is -2.12. The van der Waals surface area contributed by atoms with Crippen LogP contribution in [0.1, 0.15) is 0 Å². The Morgan fingerprint density at radius 2 is 1.33 bits per heavy atom. The van der Waals surface area contributed by atoms with Gasteiger partial charge in [0.05, 0.1) is 5.69 Å². The first kappa shape index (κ1) is 15.4. The predicted molar refractivity (Wildman–Crippen MR) is 75.9 cm³/mol. The van der Waals surface area contributed by atoms with Gasteiger partial charge in [0.2, 0.25) is 0 Å². The molecule has 0 bridgehead atoms. The van der Waals surface area contributed by atoms with E-state index in [9.17, 15) is 25.9 Å². The van der Waals surface area contributed by atoms with Crippen molar-refractivity contribution >= 4 is 25.9 Å². The zero-order chi connectivity index (χ0) is 15.8. The number of nitrogens with two attached hydrogens (primary N) is 1. The number of hydrogen-bond donors (Lipinski definition) is 3. The summed E-state index contributed by atoms with van der Waals surface area (Å²) in [4.78, 5) is -1.10. The second-order valence-electron chi connectivity index (χ2n) is 4.17. The molecule has 0 atom stereocenters. The highest BCUT2D eigenvalue weighted by Crippen LogP contribution is 2.35. The third-order valence-electron chi connectivity index (χ3n) is 2.76. The maximum atomic E-state index is 11.5. The molecule has 0 radical (unpaired) electrons. The Morgan fingerprint density at radius 1 is 0.762 bits per heavy atom. The zero-order valence-electron chi connectivity index (χ0n) is 10.5. The van der Waals surface area contributed by atoms with Crippen LogP contribution in [0, 0.1) is 0 Å². The highest BCUT2D eigenvalue weighted by Gasteiger charge is 2.24. The van der Waals surface area contributed by atoms with Crippen LogP contribution in [-0.2, 0) is 20.2 Å². The number of benzene rings is 2. The molecular weight excluding hydrogens is 318 g/mol. The molecule has 4 N–H and O–H groups in total. The van der Waals surface area contributed by atoms with E-state index in [0.717, 1.165) is 6.07 Å². The van der Waals surface area contributed by atoms with Gasteiger partial charge in [0, 0.05) is 11.1 Å². The summed E-state index contributed by atoms with van der Waals surface area (Å²) in [5, 5.41) is 0. The minimum absolute atomic E-state index is 0.0834. The smallest absolute Gasteiger partial charge is 0.297 e. The molecule has 0 aromatic heterocycles. The lowest BCUT2D eigenvalue weighted by atomic mass is 10.1. The number of hydrogen-bond acceptors (Lipinski definition) is 5. The summed E-state index contributed by atoms with van der Waals surface area (Å²) in [5.41, 5.74) is 5.11. The molecule has 0 aliphatic heterocycles. The summed E-state index contributed by atoms with van der Waals surface area (Å²) < 4.78 is 64.2. The minimum Gasteiger partial charge on any atom is -0.398 e. The van der Waals surface area contributed by atoms with Gasteiger partial charge < -0.3 is 5.73 Å². The molecule has 0 heterocycles. The summed E-state index contributed by atoms with van der Waals surface area (Å²) in [5.74, 6) is 0. The van der Waals surface area contributed by atoms with E-state index in [-0.39, 0.29) is 16.8 Å². The SMILES string of the molecule is Nc1cccc(-c2ccccc2S(=O)(=O)O)c1S(=O)(=O)O. The van der Waals surface area contributed by atoms with E-state index >= 15 is 0 Å². The van der Waals surface area contributed by atoms with Crippen molar-refractivity contribution in [2.24, 2.45) is 0 Å². The molecule has 0 fully saturated rings. The fraction of sp³-hybridized carbons (Fsp3) is 0. The lowest BCUT2D eigenvalue weighted by molar-refractivity contribution is 0.480. The third kappa shape index (κ3) is 3.05. The monoisotopic (exact) mass is 329 g/mol. The Labute approximate surface area is 121 Å². The van der Waals surface area contributed by atoms with E-state index in [2.05, 4.69) is 0 Å². The van der Waals surface area contributed by atoms with Gasteiger partial charge >= 0.3 is 0 Å². The van der Waals surface area contributed by atoms with Crippen LogP contribution in [0.4, 0.5) is 5.69 Å². The summed E-state index contributed by atoms with van der Waals surface area (Å²) >= 11 is 0. The Kier molecular flexibility index (Phi) is 3.76. The standard InChI is InChI=1S/C12H11NO6S2/c13-10-6-3-5-9(12(10)21(17,18)19)8-4-1-2-7-11(8)20(14,15)16/h1-7H,13H2,(H,14,15,16)(H,17,18,19). The van der Waals surface area contributed by atoms with Crippen molar-refractivity contribution in [2.75, 3.05) is 5.73 Å². The van der Waals surface area contributed by atoms with Gasteiger partial charge in [-0.3, -0.25) is 9.11 Å². The normalized spacial score (nSPS) is 12.3. The van der Waals surface area contributed by atoms with E-state index in [1.165, 1.54) is 36.4 Å². The van der Waals surface area contributed by atoms with Crippen LogP contribution in [0.25, 0.3) is 11.1 Å². The highest BCUT2D eigenvalue weighted by atomic mass is 32.2. The van der Waals surface area contributed by atoms with Gasteiger partial charge in [-0.1, -0.05) is 30.3 Å². The molecule has 0 aliphatic rings. The van der Waals surface area contributed by atoms with Gasteiger partial charge in [-0.05, 0) is 12.1 Å². The summed E-state index contributed by atoms with van der Waals surface area (Å²) in [6.07, 6.45) is 0. The van der Waals surface area contributed by atoms with Crippen LogP contribution in [-0.4, -0.2) is 25.9 Å². The lowest BCUT2D eigenvalue weighted by Crippen LogP contribution is -2.07. The molecule has 21 heavy (non-hydrogen) atoms. The van der Waals surface area contributed by atoms with Gasteiger partial charge in [-0.15, -0.1) is 0 Å². The quantitative estimate of drug-likeness (QED) is 0.572. The number of nitrogen functional groups attached to an aromatic ring is 1. The van der Waals surface area contributed by atoms with Crippen molar-refractivity contribution < 1.29 is 25.9 Å². The molecule has 7 nitrogen and oxygen atoms in total. The number of anilines is 1. The second kappa shape index (κ2) is 5.11. The Morgan fingerprint density at radius 3 is 1.90 bits per heavy atom. The van der Waals surface area contributed by atoms with Gasteiger partial charge in [0.25, 0.3) is 20.2 Å². The first-order valence-corrected chi connectivity index (χ1v) is 8.43. The summed E-state index contributed by atoms with van der Waals surface area (Å²) in [7, 11) is -9.25. The van der Waals surface area contributed by atoms with Gasteiger partial charge in [-0.25, -0.2) is 0 Å². The first-order chi connectivity index (χ1) is 9.62. The van der Waals surface area contributed by atoms with Crippen molar-refractivity contribution in [1.82, 2.24) is 0 Å². The third-order valence-corrected chi connectivity index (χ3v) is 4.64. The Hall–Kier alpha value is -1.94. The van der Waals surface area contributed by atoms with Crippen LogP contribution in [0.2, 0.25) is 0 Å². The van der Waals surface area contributed by atoms with Crippen LogP contribution >= 0.6 is 0 Å². The average molecular weight is 329 g/mol. The van der Waals surface area contributed by atoms with Gasteiger partial charge in [0.15, 0.2) is 0 Å². The zero-order valence-corrected chi connectivity index (χ0v) is 12.1. The topological polar surface area (TPSA) is 135 Å². The predicted octanol–water partition coefficient (Wildman–Crippen LogP) is 1.43. The molecule has 0 spiro atoms. The molecular formula is C12H11NO6S2. The Balaban J connectivity index is 2.92. The Bertz CT molecular complexity index is 903. The maximum absolute atomic E-state index is 11.5. The van der Waals surface area contributed by atoms with Crippen molar-refractivity contribution in [2.45, 2.75) is 9.79 Å². The van der Waals surface area contributed by atoms with Gasteiger partial charge in [0.1, 0.15) is 9.79 Å². The van der Waals surface area contributed by atoms with E-state index in [4.69, 9.17) is 5.73 Å². The van der Waals surface area contributed by atoms with Crippen molar-refractivity contribution in [3.8, 4) is 11.1 Å². The molecule has 0 amide bonds. The second-order valence-corrected chi connectivity index (χ2v) is 6.92. The minimum atomic E-state index is -4.68. The number of rotatable bonds is 3. The molecule has 0 unspecified atom stereocenters. The summed E-state index contributed by atoms with van der Waals surface area (Å²) in [6.45, 7) is 0. The molecule has 112 valence electrons. The van der Waals surface area contributed by atoms with Crippen LogP contribution < -0.4 is 5.73 Å². The molecule has 0 aliphatic carbocycles. The van der Waals surface area contributed by atoms with Crippen LogP contribution in [0.5, 0.6) is 0 Å².